The molecule has 2 N–H and O–H groups in total. The Balaban J connectivity index is 2.42. The number of aliphatic hydroxyl groups excluding tert-OH is 1. The highest BCUT2D eigenvalue weighted by molar-refractivity contribution is 5.82. The van der Waals surface area contributed by atoms with Crippen LogP contribution in [0.15, 0.2) is 30.3 Å². The molecule has 18 heavy (non-hydrogen) atoms. The van der Waals surface area contributed by atoms with Crippen molar-refractivity contribution in [3.05, 3.63) is 35.9 Å². The maximum absolute atomic E-state index is 11.8. The predicted octanol–water partition coefficient (Wildman–Crippen LogP) is 2.58. The number of carboxylic acid groups (broad SMARTS) is 1. The van der Waals surface area contributed by atoms with Crippen molar-refractivity contribution in [3.8, 4) is 0 Å². The van der Waals surface area contributed by atoms with E-state index in [0.717, 1.165) is 31.2 Å². The lowest BCUT2D eigenvalue weighted by Gasteiger charge is -2.38. The first-order chi connectivity index (χ1) is 8.71. The molecule has 3 heteroatoms. The van der Waals surface area contributed by atoms with Gasteiger partial charge in [-0.3, -0.25) is 4.79 Å². The second-order valence-electron chi connectivity index (χ2n) is 5.14. The van der Waals surface area contributed by atoms with Gasteiger partial charge in [0.2, 0.25) is 0 Å². The molecule has 0 aliphatic heterocycles. The van der Waals surface area contributed by atoms with E-state index in [4.69, 9.17) is 0 Å². The largest absolute Gasteiger partial charge is 0.481 e. The third-order valence-electron chi connectivity index (χ3n) is 4.22. The Kier molecular flexibility index (Phi) is 4.02. The maximum Gasteiger partial charge on any atom is 0.316 e. The molecule has 1 aromatic rings. The maximum atomic E-state index is 11.8. The van der Waals surface area contributed by atoms with Crippen molar-refractivity contribution in [2.75, 3.05) is 6.61 Å². The van der Waals surface area contributed by atoms with E-state index in [-0.39, 0.29) is 12.5 Å². The molecule has 0 radical (unpaired) electrons. The van der Waals surface area contributed by atoms with E-state index < -0.39 is 11.4 Å². The molecule has 1 aliphatic carbocycles. The molecular weight excluding hydrogens is 228 g/mol. The number of carboxylic acids is 1. The van der Waals surface area contributed by atoms with Crippen LogP contribution < -0.4 is 0 Å². The average Bonchev–Trinajstić information content (AvgIpc) is 2.42. The Hall–Kier alpha value is -1.35. The van der Waals surface area contributed by atoms with Crippen molar-refractivity contribution in [2.45, 2.75) is 37.5 Å². The standard InChI is InChI=1S/C15H20O3/c16-11-15(14(17)18,12-7-3-1-4-8-12)13-9-5-2-6-10-13/h1,3-4,7-8,13,16H,2,5-6,9-11H2,(H,17,18). The van der Waals surface area contributed by atoms with Crippen LogP contribution in [0.5, 0.6) is 0 Å². The summed E-state index contributed by atoms with van der Waals surface area (Å²) in [6.07, 6.45) is 5.08. The fraction of sp³-hybridized carbons (Fsp3) is 0.533. The van der Waals surface area contributed by atoms with Crippen LogP contribution in [0.25, 0.3) is 0 Å². The molecule has 1 aliphatic rings. The second-order valence-corrected chi connectivity index (χ2v) is 5.14. The molecule has 98 valence electrons. The van der Waals surface area contributed by atoms with Crippen molar-refractivity contribution < 1.29 is 15.0 Å². The van der Waals surface area contributed by atoms with E-state index in [2.05, 4.69) is 0 Å². The molecule has 1 aromatic carbocycles. The zero-order valence-electron chi connectivity index (χ0n) is 10.5. The van der Waals surface area contributed by atoms with Crippen molar-refractivity contribution in [2.24, 2.45) is 5.92 Å². The Morgan fingerprint density at radius 1 is 1.17 bits per heavy atom. The monoisotopic (exact) mass is 248 g/mol. The highest BCUT2D eigenvalue weighted by atomic mass is 16.4. The summed E-state index contributed by atoms with van der Waals surface area (Å²) in [5, 5.41) is 19.4. The van der Waals surface area contributed by atoms with Crippen molar-refractivity contribution >= 4 is 5.97 Å². The molecule has 1 unspecified atom stereocenters. The normalized spacial score (nSPS) is 20.3. The number of benzene rings is 1. The van der Waals surface area contributed by atoms with E-state index in [1.807, 2.05) is 30.3 Å². The minimum absolute atomic E-state index is 0.0381. The molecule has 1 fully saturated rings. The van der Waals surface area contributed by atoms with Gasteiger partial charge in [0.05, 0.1) is 6.61 Å². The van der Waals surface area contributed by atoms with Crippen molar-refractivity contribution in [1.82, 2.24) is 0 Å². The molecule has 0 bridgehead atoms. The summed E-state index contributed by atoms with van der Waals surface area (Å²) in [6.45, 7) is -0.322. The van der Waals surface area contributed by atoms with Crippen molar-refractivity contribution in [1.29, 1.82) is 0 Å². The highest BCUT2D eigenvalue weighted by Gasteiger charge is 2.47. The zero-order chi connectivity index (χ0) is 13.0. The topological polar surface area (TPSA) is 57.5 Å². The van der Waals surface area contributed by atoms with Crippen LogP contribution in [0.4, 0.5) is 0 Å². The van der Waals surface area contributed by atoms with Gasteiger partial charge in [0, 0.05) is 0 Å². The van der Waals surface area contributed by atoms with Gasteiger partial charge in [-0.2, -0.15) is 0 Å². The van der Waals surface area contributed by atoms with Gasteiger partial charge in [0.25, 0.3) is 0 Å². The van der Waals surface area contributed by atoms with Crippen LogP contribution in [0.3, 0.4) is 0 Å². The summed E-state index contributed by atoms with van der Waals surface area (Å²) >= 11 is 0. The molecule has 0 spiro atoms. The van der Waals surface area contributed by atoms with E-state index >= 15 is 0 Å². The van der Waals surface area contributed by atoms with Gasteiger partial charge in [-0.1, -0.05) is 49.6 Å². The number of aliphatic hydroxyl groups is 1. The van der Waals surface area contributed by atoms with Gasteiger partial charge in [0.15, 0.2) is 0 Å². The van der Waals surface area contributed by atoms with Crippen LogP contribution in [0, 0.1) is 5.92 Å². The van der Waals surface area contributed by atoms with Gasteiger partial charge in [-0.05, 0) is 24.3 Å². The summed E-state index contributed by atoms with van der Waals surface area (Å²) in [6, 6.07) is 9.18. The van der Waals surface area contributed by atoms with Crippen LogP contribution >= 0.6 is 0 Å². The molecule has 3 nitrogen and oxygen atoms in total. The fourth-order valence-electron chi connectivity index (χ4n) is 3.15. The molecule has 1 saturated carbocycles. The highest BCUT2D eigenvalue weighted by Crippen LogP contribution is 2.41. The van der Waals surface area contributed by atoms with Gasteiger partial charge in [-0.25, -0.2) is 0 Å². The van der Waals surface area contributed by atoms with Crippen molar-refractivity contribution in [3.63, 3.8) is 0 Å². The molecule has 2 rings (SSSR count). The van der Waals surface area contributed by atoms with Gasteiger partial charge in [0.1, 0.15) is 5.41 Å². The first-order valence-corrected chi connectivity index (χ1v) is 6.61. The lowest BCUT2D eigenvalue weighted by atomic mass is 9.65. The number of hydrogen-bond acceptors (Lipinski definition) is 2. The Bertz CT molecular complexity index is 395. The van der Waals surface area contributed by atoms with Gasteiger partial charge in [-0.15, -0.1) is 0 Å². The molecule has 0 saturated heterocycles. The zero-order valence-corrected chi connectivity index (χ0v) is 10.5. The Morgan fingerprint density at radius 2 is 1.78 bits per heavy atom. The molecule has 0 amide bonds. The first-order valence-electron chi connectivity index (χ1n) is 6.61. The third kappa shape index (κ3) is 2.15. The van der Waals surface area contributed by atoms with E-state index in [0.29, 0.717) is 0 Å². The average molecular weight is 248 g/mol. The fourth-order valence-corrected chi connectivity index (χ4v) is 3.15. The number of hydrogen-bond donors (Lipinski definition) is 2. The smallest absolute Gasteiger partial charge is 0.316 e. The number of carbonyl (C=O) groups is 1. The Labute approximate surface area is 107 Å². The summed E-state index contributed by atoms with van der Waals surface area (Å²) in [5.74, 6) is -0.862. The quantitative estimate of drug-likeness (QED) is 0.861. The van der Waals surface area contributed by atoms with E-state index in [1.165, 1.54) is 6.42 Å². The third-order valence-corrected chi connectivity index (χ3v) is 4.22. The second kappa shape index (κ2) is 5.53. The van der Waals surface area contributed by atoms with Crippen LogP contribution in [0.2, 0.25) is 0 Å². The predicted molar refractivity (Wildman–Crippen MR) is 69.4 cm³/mol. The number of aliphatic carboxylic acids is 1. The number of rotatable bonds is 4. The lowest BCUT2D eigenvalue weighted by molar-refractivity contribution is -0.149. The van der Waals surface area contributed by atoms with Crippen LogP contribution in [0.1, 0.15) is 37.7 Å². The van der Waals surface area contributed by atoms with E-state index in [9.17, 15) is 15.0 Å². The summed E-state index contributed by atoms with van der Waals surface area (Å²) in [5.41, 5.74) is -0.395. The minimum atomic E-state index is -1.12. The molecular formula is C15H20O3. The Morgan fingerprint density at radius 3 is 2.28 bits per heavy atom. The first kappa shape index (κ1) is 13.1. The van der Waals surface area contributed by atoms with Gasteiger partial charge >= 0.3 is 5.97 Å². The van der Waals surface area contributed by atoms with E-state index in [1.54, 1.807) is 0 Å². The summed E-state index contributed by atoms with van der Waals surface area (Å²) in [4.78, 5) is 11.8. The summed E-state index contributed by atoms with van der Waals surface area (Å²) in [7, 11) is 0. The molecule has 1 atom stereocenters. The molecule has 0 heterocycles. The minimum Gasteiger partial charge on any atom is -0.481 e. The molecule has 0 aromatic heterocycles. The van der Waals surface area contributed by atoms with Crippen LogP contribution in [-0.4, -0.2) is 22.8 Å². The van der Waals surface area contributed by atoms with Gasteiger partial charge < -0.3 is 10.2 Å². The lowest BCUT2D eigenvalue weighted by Crippen LogP contribution is -2.47. The van der Waals surface area contributed by atoms with Crippen LogP contribution in [-0.2, 0) is 10.2 Å². The summed E-state index contributed by atoms with van der Waals surface area (Å²) < 4.78 is 0. The SMILES string of the molecule is O=C(O)C(CO)(c1ccccc1)C1CCCCC1.